The quantitative estimate of drug-likeness (QED) is 0.251. The van der Waals surface area contributed by atoms with Gasteiger partial charge in [-0.1, -0.05) is 103 Å². The van der Waals surface area contributed by atoms with Gasteiger partial charge in [0.05, 0.1) is 12.2 Å². The van der Waals surface area contributed by atoms with Crippen LogP contribution in [0.1, 0.15) is 129 Å². The Morgan fingerprint density at radius 3 is 1.56 bits per heavy atom. The number of ether oxygens (including phenoxy) is 1. The Kier molecular flexibility index (Phi) is 12.8. The lowest BCUT2D eigenvalue weighted by molar-refractivity contribution is -0.0322. The van der Waals surface area contributed by atoms with Gasteiger partial charge >= 0.3 is 0 Å². The van der Waals surface area contributed by atoms with Crippen LogP contribution in [0.3, 0.4) is 0 Å². The van der Waals surface area contributed by atoms with Crippen LogP contribution >= 0.6 is 0 Å². The Balaban J connectivity index is 1.24. The molecule has 160 valence electrons. The molecule has 0 aromatic heterocycles. The maximum absolute atomic E-state index is 9.95. The normalized spacial score (nSPS) is 26.9. The summed E-state index contributed by atoms with van der Waals surface area (Å²) in [5.41, 5.74) is 0. The standard InChI is InChI=1S/C25H48O2/c1-2-3-4-5-6-7-8-9-10-11-12-13-14-15-16-17-18-27-25-21-22-19-23(25)24(26)20-22/h22-26H,2-21H2,1H3. The van der Waals surface area contributed by atoms with Gasteiger partial charge in [0.15, 0.2) is 0 Å². The molecule has 0 spiro atoms. The van der Waals surface area contributed by atoms with E-state index in [4.69, 9.17) is 4.74 Å². The van der Waals surface area contributed by atoms with E-state index in [1.54, 1.807) is 0 Å². The highest BCUT2D eigenvalue weighted by Crippen LogP contribution is 2.46. The first-order valence-electron chi connectivity index (χ1n) is 12.6. The molecule has 2 rings (SSSR count). The summed E-state index contributed by atoms with van der Waals surface area (Å²) >= 11 is 0. The average Bonchev–Trinajstić information content (AvgIpc) is 3.23. The molecule has 2 aliphatic rings. The van der Waals surface area contributed by atoms with Crippen LogP contribution in [0.2, 0.25) is 0 Å². The summed E-state index contributed by atoms with van der Waals surface area (Å²) in [5.74, 6) is 1.21. The molecule has 1 N–H and O–H groups in total. The summed E-state index contributed by atoms with van der Waals surface area (Å²) in [5, 5.41) is 9.95. The first-order valence-corrected chi connectivity index (χ1v) is 12.6. The lowest BCUT2D eigenvalue weighted by Crippen LogP contribution is -2.30. The molecule has 4 unspecified atom stereocenters. The number of rotatable bonds is 18. The van der Waals surface area contributed by atoms with Crippen molar-refractivity contribution in [3.8, 4) is 0 Å². The molecule has 2 saturated carbocycles. The van der Waals surface area contributed by atoms with Gasteiger partial charge in [0.2, 0.25) is 0 Å². The predicted octanol–water partition coefficient (Wildman–Crippen LogP) is 7.42. The summed E-state index contributed by atoms with van der Waals surface area (Å²) in [6, 6.07) is 0. The molecule has 0 amide bonds. The van der Waals surface area contributed by atoms with Gasteiger partial charge in [-0.05, 0) is 31.6 Å². The number of fused-ring (bicyclic) bond motifs is 2. The average molecular weight is 381 g/mol. The van der Waals surface area contributed by atoms with Crippen molar-refractivity contribution in [1.29, 1.82) is 0 Å². The molecular formula is C25H48O2. The zero-order valence-corrected chi connectivity index (χ0v) is 18.3. The van der Waals surface area contributed by atoms with Crippen LogP contribution in [-0.2, 0) is 4.74 Å². The van der Waals surface area contributed by atoms with Crippen molar-refractivity contribution in [2.75, 3.05) is 6.61 Å². The summed E-state index contributed by atoms with van der Waals surface area (Å²) < 4.78 is 6.07. The lowest BCUT2D eigenvalue weighted by atomic mass is 9.95. The van der Waals surface area contributed by atoms with Crippen LogP contribution in [0, 0.1) is 11.8 Å². The fourth-order valence-corrected chi connectivity index (χ4v) is 5.33. The topological polar surface area (TPSA) is 29.5 Å². The van der Waals surface area contributed by atoms with Crippen LogP contribution in [0.5, 0.6) is 0 Å². The second kappa shape index (κ2) is 14.9. The molecule has 0 aliphatic heterocycles. The number of unbranched alkanes of at least 4 members (excludes halogenated alkanes) is 15. The molecule has 4 atom stereocenters. The summed E-state index contributed by atoms with van der Waals surface area (Å²) in [4.78, 5) is 0. The van der Waals surface area contributed by atoms with Crippen LogP contribution in [-0.4, -0.2) is 23.9 Å². The molecule has 0 aromatic carbocycles. The van der Waals surface area contributed by atoms with Gasteiger partial charge in [-0.3, -0.25) is 0 Å². The third-order valence-corrected chi connectivity index (χ3v) is 7.05. The van der Waals surface area contributed by atoms with E-state index in [0.717, 1.165) is 18.9 Å². The van der Waals surface area contributed by atoms with Gasteiger partial charge in [0, 0.05) is 12.5 Å². The van der Waals surface area contributed by atoms with E-state index in [-0.39, 0.29) is 6.10 Å². The van der Waals surface area contributed by atoms with Gasteiger partial charge in [-0.2, -0.15) is 0 Å². The molecule has 0 aromatic rings. The molecule has 2 aliphatic carbocycles. The molecule has 2 bridgehead atoms. The van der Waals surface area contributed by atoms with Gasteiger partial charge in [0.25, 0.3) is 0 Å². The Hall–Kier alpha value is -0.0800. The highest BCUT2D eigenvalue weighted by molar-refractivity contribution is 4.96. The Bertz CT molecular complexity index is 343. The second-order valence-electron chi connectivity index (χ2n) is 9.52. The zero-order valence-electron chi connectivity index (χ0n) is 18.3. The maximum Gasteiger partial charge on any atom is 0.0630 e. The first-order chi connectivity index (χ1) is 13.3. The van der Waals surface area contributed by atoms with Gasteiger partial charge in [-0.15, -0.1) is 0 Å². The molecule has 0 saturated heterocycles. The number of aliphatic hydroxyl groups is 1. The van der Waals surface area contributed by atoms with E-state index in [1.165, 1.54) is 116 Å². The molecular weight excluding hydrogens is 332 g/mol. The third kappa shape index (κ3) is 9.79. The second-order valence-corrected chi connectivity index (χ2v) is 9.52. The summed E-state index contributed by atoms with van der Waals surface area (Å²) in [7, 11) is 0. The van der Waals surface area contributed by atoms with Gasteiger partial charge in [-0.25, -0.2) is 0 Å². The van der Waals surface area contributed by atoms with E-state index in [2.05, 4.69) is 6.92 Å². The van der Waals surface area contributed by atoms with E-state index in [9.17, 15) is 5.11 Å². The van der Waals surface area contributed by atoms with Gasteiger partial charge < -0.3 is 9.84 Å². The Labute approximate surface area is 169 Å². The largest absolute Gasteiger partial charge is 0.393 e. The highest BCUT2D eigenvalue weighted by atomic mass is 16.5. The number of hydrogen-bond donors (Lipinski definition) is 1. The summed E-state index contributed by atoms with van der Waals surface area (Å²) in [6.07, 6.45) is 26.4. The fourth-order valence-electron chi connectivity index (χ4n) is 5.33. The molecule has 27 heavy (non-hydrogen) atoms. The minimum absolute atomic E-state index is 0.0699. The van der Waals surface area contributed by atoms with Crippen molar-refractivity contribution in [2.24, 2.45) is 11.8 Å². The van der Waals surface area contributed by atoms with Crippen LogP contribution in [0.15, 0.2) is 0 Å². The van der Waals surface area contributed by atoms with Gasteiger partial charge in [0.1, 0.15) is 0 Å². The smallest absolute Gasteiger partial charge is 0.0630 e. The fraction of sp³-hybridized carbons (Fsp3) is 1.00. The zero-order chi connectivity index (χ0) is 19.2. The van der Waals surface area contributed by atoms with Crippen molar-refractivity contribution in [2.45, 2.75) is 141 Å². The van der Waals surface area contributed by atoms with E-state index >= 15 is 0 Å². The minimum Gasteiger partial charge on any atom is -0.393 e. The number of hydrogen-bond acceptors (Lipinski definition) is 2. The molecule has 2 nitrogen and oxygen atoms in total. The minimum atomic E-state index is -0.0699. The Morgan fingerprint density at radius 1 is 0.630 bits per heavy atom. The SMILES string of the molecule is CCCCCCCCCCCCCCCCCCOC1CC2CC(O)C1C2. The molecule has 0 radical (unpaired) electrons. The Morgan fingerprint density at radius 2 is 1.11 bits per heavy atom. The monoisotopic (exact) mass is 380 g/mol. The van der Waals surface area contributed by atoms with Crippen molar-refractivity contribution >= 4 is 0 Å². The van der Waals surface area contributed by atoms with E-state index in [1.807, 2.05) is 0 Å². The molecule has 2 heteroatoms. The van der Waals surface area contributed by atoms with E-state index < -0.39 is 0 Å². The van der Waals surface area contributed by atoms with Crippen LogP contribution in [0.4, 0.5) is 0 Å². The van der Waals surface area contributed by atoms with Crippen molar-refractivity contribution in [3.05, 3.63) is 0 Å². The van der Waals surface area contributed by atoms with Crippen LogP contribution in [0.25, 0.3) is 0 Å². The molecule has 0 heterocycles. The first kappa shape index (κ1) is 23.2. The third-order valence-electron chi connectivity index (χ3n) is 7.05. The maximum atomic E-state index is 9.95. The highest BCUT2D eigenvalue weighted by Gasteiger charge is 2.45. The molecule has 2 fully saturated rings. The van der Waals surface area contributed by atoms with Crippen LogP contribution < -0.4 is 0 Å². The van der Waals surface area contributed by atoms with Crippen molar-refractivity contribution in [3.63, 3.8) is 0 Å². The lowest BCUT2D eigenvalue weighted by Gasteiger charge is -2.26. The summed E-state index contributed by atoms with van der Waals surface area (Å²) in [6.45, 7) is 3.21. The number of aliphatic hydroxyl groups excluding tert-OH is 1. The van der Waals surface area contributed by atoms with E-state index in [0.29, 0.717) is 12.0 Å². The van der Waals surface area contributed by atoms with Crippen molar-refractivity contribution < 1.29 is 9.84 Å². The van der Waals surface area contributed by atoms with Crippen molar-refractivity contribution in [1.82, 2.24) is 0 Å². The predicted molar refractivity (Wildman–Crippen MR) is 116 cm³/mol.